The highest BCUT2D eigenvalue weighted by Gasteiger charge is 2.38. The fourth-order valence-corrected chi connectivity index (χ4v) is 6.59. The average Bonchev–Trinajstić information content (AvgIpc) is 3.11. The molecule has 8 nitrogen and oxygen atoms in total. The van der Waals surface area contributed by atoms with Gasteiger partial charge in [0.2, 0.25) is 0 Å². The Morgan fingerprint density at radius 2 is 1.59 bits per heavy atom. The second-order valence-corrected chi connectivity index (χ2v) is 12.5. The van der Waals surface area contributed by atoms with E-state index in [-0.39, 0.29) is 42.9 Å². The van der Waals surface area contributed by atoms with Crippen molar-refractivity contribution < 1.29 is 24.5 Å². The van der Waals surface area contributed by atoms with Crippen LogP contribution < -0.4 is 5.32 Å². The molecule has 0 saturated carbocycles. The summed E-state index contributed by atoms with van der Waals surface area (Å²) >= 11 is 1.67. The van der Waals surface area contributed by atoms with Crippen molar-refractivity contribution in [2.24, 2.45) is 5.92 Å². The Morgan fingerprint density at radius 3 is 2.35 bits per heavy atom. The molecule has 9 heteroatoms. The van der Waals surface area contributed by atoms with Crippen LogP contribution in [0.3, 0.4) is 0 Å². The van der Waals surface area contributed by atoms with Gasteiger partial charge in [-0.25, -0.2) is 4.98 Å². The van der Waals surface area contributed by atoms with Gasteiger partial charge in [0.1, 0.15) is 5.69 Å². The molecule has 4 unspecified atom stereocenters. The molecule has 6 rings (SSSR count). The first kappa shape index (κ1) is 31.8. The number of amides is 1. The molecule has 2 heterocycles. The Kier molecular flexibility index (Phi) is 10.4. The predicted molar refractivity (Wildman–Crippen MR) is 180 cm³/mol. The lowest BCUT2D eigenvalue weighted by Gasteiger charge is -2.41. The summed E-state index contributed by atoms with van der Waals surface area (Å²) in [6.45, 7) is 2.59. The van der Waals surface area contributed by atoms with E-state index in [1.807, 2.05) is 84.9 Å². The molecule has 3 N–H and O–H groups in total. The van der Waals surface area contributed by atoms with Crippen molar-refractivity contribution in [3.63, 3.8) is 0 Å². The van der Waals surface area contributed by atoms with E-state index in [0.717, 1.165) is 44.7 Å². The van der Waals surface area contributed by atoms with Crippen LogP contribution in [0.4, 0.5) is 0 Å². The summed E-state index contributed by atoms with van der Waals surface area (Å²) < 4.78 is 13.1. The molecule has 0 aliphatic carbocycles. The number of aliphatic hydroxyl groups excluding tert-OH is 2. The number of ether oxygens (including phenoxy) is 2. The molecular weight excluding hydrogens is 598 g/mol. The largest absolute Gasteiger partial charge is 0.396 e. The lowest BCUT2D eigenvalue weighted by Crippen LogP contribution is -2.38. The minimum atomic E-state index is -0.565. The summed E-state index contributed by atoms with van der Waals surface area (Å²) in [5, 5.41) is 21.8. The number of nitrogens with zero attached hydrogens (tertiary/aromatic N) is 2. The number of rotatable bonds is 11. The number of fused-ring (bicyclic) bond motifs is 1. The third-order valence-corrected chi connectivity index (χ3v) is 9.31. The number of aliphatic hydroxyl groups is 2. The zero-order chi connectivity index (χ0) is 31.9. The van der Waals surface area contributed by atoms with Crippen LogP contribution >= 0.6 is 11.8 Å². The van der Waals surface area contributed by atoms with Crippen LogP contribution in [0.2, 0.25) is 0 Å². The van der Waals surface area contributed by atoms with Crippen LogP contribution in [0.15, 0.2) is 103 Å². The lowest BCUT2D eigenvalue weighted by molar-refractivity contribution is -0.268. The van der Waals surface area contributed by atoms with Crippen LogP contribution in [0.25, 0.3) is 22.2 Å². The van der Waals surface area contributed by atoms with Gasteiger partial charge in [-0.1, -0.05) is 91.9 Å². The van der Waals surface area contributed by atoms with Crippen molar-refractivity contribution in [3.05, 3.63) is 131 Å². The molecule has 0 spiro atoms. The minimum Gasteiger partial charge on any atom is -0.396 e. The van der Waals surface area contributed by atoms with Gasteiger partial charge in [0.05, 0.1) is 42.7 Å². The summed E-state index contributed by atoms with van der Waals surface area (Å²) in [4.78, 5) is 21.8. The van der Waals surface area contributed by atoms with E-state index < -0.39 is 6.29 Å². The van der Waals surface area contributed by atoms with E-state index in [1.165, 1.54) is 6.20 Å². The van der Waals surface area contributed by atoms with Crippen molar-refractivity contribution in [2.45, 2.75) is 38.6 Å². The van der Waals surface area contributed by atoms with E-state index in [0.29, 0.717) is 17.8 Å². The highest BCUT2D eigenvalue weighted by molar-refractivity contribution is 7.99. The van der Waals surface area contributed by atoms with Crippen LogP contribution in [0, 0.1) is 5.92 Å². The molecule has 1 amide bonds. The van der Waals surface area contributed by atoms with Crippen LogP contribution in [-0.2, 0) is 22.6 Å². The van der Waals surface area contributed by atoms with Gasteiger partial charge in [0.25, 0.3) is 5.91 Å². The molecule has 5 aromatic rings. The summed E-state index contributed by atoms with van der Waals surface area (Å²) in [6, 6.07) is 31.5. The number of para-hydroxylation sites is 2. The monoisotopic (exact) mass is 635 g/mol. The molecule has 1 aliphatic heterocycles. The quantitative estimate of drug-likeness (QED) is 0.146. The highest BCUT2D eigenvalue weighted by atomic mass is 32.2. The van der Waals surface area contributed by atoms with Gasteiger partial charge < -0.3 is 25.0 Å². The second-order valence-electron chi connectivity index (χ2n) is 11.3. The summed E-state index contributed by atoms with van der Waals surface area (Å²) in [6.07, 6.45) is 0.671. The molecule has 1 saturated heterocycles. The van der Waals surface area contributed by atoms with E-state index in [2.05, 4.69) is 34.3 Å². The van der Waals surface area contributed by atoms with E-state index >= 15 is 0 Å². The van der Waals surface area contributed by atoms with Crippen LogP contribution in [-0.4, -0.2) is 50.3 Å². The third kappa shape index (κ3) is 7.30. The normalized spacial score (nSPS) is 19.6. The fraction of sp³-hybridized carbons (Fsp3) is 0.270. The van der Waals surface area contributed by atoms with Crippen molar-refractivity contribution in [2.75, 3.05) is 18.1 Å². The van der Waals surface area contributed by atoms with Crippen molar-refractivity contribution in [1.29, 1.82) is 0 Å². The van der Waals surface area contributed by atoms with Gasteiger partial charge in [0.15, 0.2) is 6.29 Å². The molecule has 1 fully saturated rings. The third-order valence-electron chi connectivity index (χ3n) is 8.27. The zero-order valence-electron chi connectivity index (χ0n) is 25.6. The number of carbonyl (C=O) groups is 1. The lowest BCUT2D eigenvalue weighted by atomic mass is 9.91. The number of hydrogen-bond donors (Lipinski definition) is 3. The van der Waals surface area contributed by atoms with Crippen LogP contribution in [0.5, 0.6) is 0 Å². The van der Waals surface area contributed by atoms with Crippen molar-refractivity contribution in [3.8, 4) is 11.1 Å². The van der Waals surface area contributed by atoms with E-state index in [9.17, 15) is 15.0 Å². The van der Waals surface area contributed by atoms with Gasteiger partial charge in [0, 0.05) is 29.5 Å². The number of aromatic nitrogens is 2. The topological polar surface area (TPSA) is 114 Å². The molecule has 4 atom stereocenters. The smallest absolute Gasteiger partial charge is 0.271 e. The average molecular weight is 636 g/mol. The molecule has 1 aliphatic rings. The fourth-order valence-electron chi connectivity index (χ4n) is 5.68. The van der Waals surface area contributed by atoms with Crippen molar-refractivity contribution >= 4 is 28.7 Å². The number of carbonyl (C=O) groups excluding carboxylic acids is 1. The second kappa shape index (κ2) is 15.0. The SMILES string of the molecule is CC1C(CSCCO)OC(c2ccc(-c3ccccc3CNC(=O)c3cnc4ccccc4n3)cc2)OC1c1ccc(CO)cc1. The summed E-state index contributed by atoms with van der Waals surface area (Å²) in [7, 11) is 0. The maximum Gasteiger partial charge on any atom is 0.271 e. The molecule has 236 valence electrons. The number of nitrogens with one attached hydrogen (secondary N) is 1. The number of benzene rings is 4. The first-order valence-electron chi connectivity index (χ1n) is 15.4. The zero-order valence-corrected chi connectivity index (χ0v) is 26.4. The Balaban J connectivity index is 1.18. The van der Waals surface area contributed by atoms with Crippen LogP contribution in [0.1, 0.15) is 52.1 Å². The molecule has 0 radical (unpaired) electrons. The predicted octanol–water partition coefficient (Wildman–Crippen LogP) is 6.24. The molecule has 1 aromatic heterocycles. The first-order chi connectivity index (χ1) is 22.5. The van der Waals surface area contributed by atoms with Gasteiger partial charge in [-0.3, -0.25) is 9.78 Å². The minimum absolute atomic E-state index is 0.00545. The maximum absolute atomic E-state index is 13.0. The molecular formula is C37H37N3O5S. The highest BCUT2D eigenvalue weighted by Crippen LogP contribution is 2.42. The van der Waals surface area contributed by atoms with Gasteiger partial charge in [-0.05, 0) is 39.9 Å². The molecule has 0 bridgehead atoms. The Hall–Kier alpha value is -4.12. The van der Waals surface area contributed by atoms with E-state index in [4.69, 9.17) is 9.47 Å². The van der Waals surface area contributed by atoms with Gasteiger partial charge >= 0.3 is 0 Å². The molecule has 46 heavy (non-hydrogen) atoms. The molecule has 4 aromatic carbocycles. The summed E-state index contributed by atoms with van der Waals surface area (Å²) in [5.74, 6) is 1.20. The Bertz CT molecular complexity index is 1770. The van der Waals surface area contributed by atoms with E-state index in [1.54, 1.807) is 11.8 Å². The van der Waals surface area contributed by atoms with Gasteiger partial charge in [-0.2, -0.15) is 11.8 Å². The van der Waals surface area contributed by atoms with Crippen molar-refractivity contribution in [1.82, 2.24) is 15.3 Å². The number of thioether (sulfide) groups is 1. The number of hydrogen-bond acceptors (Lipinski definition) is 8. The standard InChI is InChI=1S/C37H37N3O5S/c1-24-34(23-46-19-18-41)44-37(45-35(24)27-12-10-25(22-42)11-13-27)28-16-14-26(15-17-28)30-7-3-2-6-29(30)20-39-36(43)33-21-38-31-8-4-5-9-32(31)40-33/h2-17,21,24,34-35,37,41-42H,18-20,22-23H2,1H3,(H,39,43). The maximum atomic E-state index is 13.0. The Morgan fingerprint density at radius 1 is 0.870 bits per heavy atom. The summed E-state index contributed by atoms with van der Waals surface area (Å²) in [5.41, 5.74) is 7.50. The first-order valence-corrected chi connectivity index (χ1v) is 16.6. The van der Waals surface area contributed by atoms with Gasteiger partial charge in [-0.15, -0.1) is 0 Å². The Labute approximate surface area is 272 Å².